The zero-order chi connectivity index (χ0) is 10.1. The number of fused-ring (bicyclic) bond motifs is 1. The Kier molecular flexibility index (Phi) is 2.73. The van der Waals surface area contributed by atoms with Crippen molar-refractivity contribution in [2.75, 3.05) is 0 Å². The van der Waals surface area contributed by atoms with Crippen molar-refractivity contribution in [2.24, 2.45) is 0 Å². The normalized spacial score (nSPS) is 10.7. The molecule has 0 saturated carbocycles. The van der Waals surface area contributed by atoms with Crippen molar-refractivity contribution in [2.45, 2.75) is 4.43 Å². The molecule has 0 atom stereocenters. The first-order chi connectivity index (χ1) is 6.70. The van der Waals surface area contributed by atoms with E-state index in [1.54, 1.807) is 18.2 Å². The molecule has 2 aromatic rings. The van der Waals surface area contributed by atoms with Crippen molar-refractivity contribution in [1.29, 1.82) is 0 Å². The fraction of sp³-hybridized carbons (Fsp3) is 0.111. The molecule has 0 aliphatic carbocycles. The van der Waals surface area contributed by atoms with E-state index in [1.165, 1.54) is 0 Å². The van der Waals surface area contributed by atoms with Crippen LogP contribution >= 0.6 is 34.2 Å². The third-order valence-corrected chi connectivity index (χ3v) is 2.80. The SMILES string of the molecule is O=c1[nH]c(CI)nc2ccc(Cl)cc12. The van der Waals surface area contributed by atoms with E-state index in [1.807, 2.05) is 0 Å². The lowest BCUT2D eigenvalue weighted by Crippen LogP contribution is -2.10. The molecular weight excluding hydrogens is 314 g/mol. The third kappa shape index (κ3) is 1.76. The van der Waals surface area contributed by atoms with E-state index >= 15 is 0 Å². The maximum Gasteiger partial charge on any atom is 0.258 e. The molecule has 0 bridgehead atoms. The number of aromatic nitrogens is 2. The Hall–Kier alpha value is -0.620. The predicted molar refractivity (Wildman–Crippen MR) is 65.1 cm³/mol. The Morgan fingerprint density at radius 3 is 3.00 bits per heavy atom. The minimum Gasteiger partial charge on any atom is -0.309 e. The molecular formula is C9H6ClIN2O. The van der Waals surface area contributed by atoms with Gasteiger partial charge in [-0.2, -0.15) is 0 Å². The standard InChI is InChI=1S/C9H6ClIN2O/c10-5-1-2-7-6(3-5)9(14)13-8(4-11)12-7/h1-3H,4H2,(H,12,13,14). The first kappa shape index (κ1) is 9.92. The van der Waals surface area contributed by atoms with Crippen LogP contribution in [-0.4, -0.2) is 9.97 Å². The third-order valence-electron chi connectivity index (χ3n) is 1.84. The molecule has 0 spiro atoms. The Balaban J connectivity index is 2.83. The van der Waals surface area contributed by atoms with Gasteiger partial charge in [0, 0.05) is 5.02 Å². The molecule has 5 heteroatoms. The summed E-state index contributed by atoms with van der Waals surface area (Å²) < 4.78 is 0.686. The van der Waals surface area contributed by atoms with Gasteiger partial charge in [0.1, 0.15) is 5.82 Å². The van der Waals surface area contributed by atoms with Crippen LogP contribution in [0.4, 0.5) is 0 Å². The minimum atomic E-state index is -0.135. The van der Waals surface area contributed by atoms with Crippen LogP contribution in [0.15, 0.2) is 23.0 Å². The number of benzene rings is 1. The van der Waals surface area contributed by atoms with Crippen LogP contribution in [0, 0.1) is 0 Å². The van der Waals surface area contributed by atoms with Crippen LogP contribution < -0.4 is 5.56 Å². The van der Waals surface area contributed by atoms with E-state index in [9.17, 15) is 4.79 Å². The van der Waals surface area contributed by atoms with E-state index in [0.717, 1.165) is 0 Å². The van der Waals surface area contributed by atoms with Gasteiger partial charge < -0.3 is 4.98 Å². The largest absolute Gasteiger partial charge is 0.309 e. The lowest BCUT2D eigenvalue weighted by molar-refractivity contribution is 1.05. The number of halogens is 2. The van der Waals surface area contributed by atoms with E-state index in [0.29, 0.717) is 26.2 Å². The average Bonchev–Trinajstić information content (AvgIpc) is 2.19. The summed E-state index contributed by atoms with van der Waals surface area (Å²) in [6.07, 6.45) is 0. The lowest BCUT2D eigenvalue weighted by Gasteiger charge is -1.99. The van der Waals surface area contributed by atoms with E-state index in [4.69, 9.17) is 11.6 Å². The maximum absolute atomic E-state index is 11.6. The van der Waals surface area contributed by atoms with E-state index < -0.39 is 0 Å². The van der Waals surface area contributed by atoms with Crippen molar-refractivity contribution >= 4 is 45.1 Å². The van der Waals surface area contributed by atoms with Crippen LogP contribution in [0.25, 0.3) is 10.9 Å². The van der Waals surface area contributed by atoms with Crippen LogP contribution in [0.1, 0.15) is 5.82 Å². The number of hydrogen-bond acceptors (Lipinski definition) is 2. The molecule has 1 aromatic carbocycles. The highest BCUT2D eigenvalue weighted by Crippen LogP contribution is 2.14. The van der Waals surface area contributed by atoms with Gasteiger partial charge in [-0.05, 0) is 18.2 Å². The van der Waals surface area contributed by atoms with Gasteiger partial charge in [0.25, 0.3) is 5.56 Å². The summed E-state index contributed by atoms with van der Waals surface area (Å²) in [5, 5.41) is 1.08. The van der Waals surface area contributed by atoms with Crippen LogP contribution in [0.5, 0.6) is 0 Å². The first-order valence-corrected chi connectivity index (χ1v) is 5.85. The highest BCUT2D eigenvalue weighted by atomic mass is 127. The van der Waals surface area contributed by atoms with Crippen molar-refractivity contribution in [3.8, 4) is 0 Å². The van der Waals surface area contributed by atoms with Crippen LogP contribution in [0.2, 0.25) is 5.02 Å². The number of nitrogens with one attached hydrogen (secondary N) is 1. The summed E-state index contributed by atoms with van der Waals surface area (Å²) in [5.74, 6) is 0.686. The highest BCUT2D eigenvalue weighted by molar-refractivity contribution is 14.1. The first-order valence-electron chi connectivity index (χ1n) is 3.95. The monoisotopic (exact) mass is 320 g/mol. The molecule has 0 fully saturated rings. The smallest absolute Gasteiger partial charge is 0.258 e. The van der Waals surface area contributed by atoms with Gasteiger partial charge in [0.2, 0.25) is 0 Å². The summed E-state index contributed by atoms with van der Waals surface area (Å²) >= 11 is 7.93. The Morgan fingerprint density at radius 1 is 1.50 bits per heavy atom. The molecule has 0 radical (unpaired) electrons. The van der Waals surface area contributed by atoms with Gasteiger partial charge in [0.05, 0.1) is 15.3 Å². The second-order valence-corrected chi connectivity index (χ2v) is 4.01. The molecule has 72 valence electrons. The van der Waals surface area contributed by atoms with Gasteiger partial charge in [-0.1, -0.05) is 34.2 Å². The molecule has 0 amide bonds. The number of rotatable bonds is 1. The Labute approximate surface area is 98.6 Å². The number of aromatic amines is 1. The van der Waals surface area contributed by atoms with Crippen molar-refractivity contribution in [3.63, 3.8) is 0 Å². The van der Waals surface area contributed by atoms with Crippen molar-refractivity contribution < 1.29 is 0 Å². The topological polar surface area (TPSA) is 45.8 Å². The van der Waals surface area contributed by atoms with E-state index in [-0.39, 0.29) is 5.56 Å². The number of alkyl halides is 1. The zero-order valence-electron chi connectivity index (χ0n) is 7.05. The zero-order valence-corrected chi connectivity index (χ0v) is 9.96. The lowest BCUT2D eigenvalue weighted by atomic mass is 10.2. The van der Waals surface area contributed by atoms with Crippen LogP contribution in [0.3, 0.4) is 0 Å². The van der Waals surface area contributed by atoms with Gasteiger partial charge in [-0.25, -0.2) is 4.98 Å². The second kappa shape index (κ2) is 3.86. The number of hydrogen-bond donors (Lipinski definition) is 1. The molecule has 1 N–H and O–H groups in total. The number of nitrogens with zero attached hydrogens (tertiary/aromatic N) is 1. The predicted octanol–water partition coefficient (Wildman–Crippen LogP) is 2.51. The highest BCUT2D eigenvalue weighted by Gasteiger charge is 2.02. The molecule has 0 aliphatic rings. The average molecular weight is 321 g/mol. The summed E-state index contributed by atoms with van der Waals surface area (Å²) in [6.45, 7) is 0. The van der Waals surface area contributed by atoms with E-state index in [2.05, 4.69) is 32.6 Å². The Bertz CT molecular complexity index is 538. The molecule has 2 rings (SSSR count). The summed E-state index contributed by atoms with van der Waals surface area (Å²) in [4.78, 5) is 18.5. The number of H-pyrrole nitrogens is 1. The summed E-state index contributed by atoms with van der Waals surface area (Å²) in [6, 6.07) is 5.11. The van der Waals surface area contributed by atoms with Gasteiger partial charge in [0.15, 0.2) is 0 Å². The van der Waals surface area contributed by atoms with Gasteiger partial charge >= 0.3 is 0 Å². The summed E-state index contributed by atoms with van der Waals surface area (Å²) in [7, 11) is 0. The molecule has 1 aromatic heterocycles. The summed E-state index contributed by atoms with van der Waals surface area (Å²) in [5.41, 5.74) is 0.550. The molecule has 0 aliphatic heterocycles. The fourth-order valence-corrected chi connectivity index (χ4v) is 1.76. The molecule has 1 heterocycles. The fourth-order valence-electron chi connectivity index (χ4n) is 1.22. The quantitative estimate of drug-likeness (QED) is 0.648. The molecule has 0 saturated heterocycles. The Morgan fingerprint density at radius 2 is 2.29 bits per heavy atom. The van der Waals surface area contributed by atoms with Crippen LogP contribution in [-0.2, 0) is 4.43 Å². The molecule has 3 nitrogen and oxygen atoms in total. The van der Waals surface area contributed by atoms with Crippen molar-refractivity contribution in [3.05, 3.63) is 39.4 Å². The maximum atomic E-state index is 11.6. The second-order valence-electron chi connectivity index (χ2n) is 2.81. The van der Waals surface area contributed by atoms with Crippen molar-refractivity contribution in [1.82, 2.24) is 9.97 Å². The minimum absolute atomic E-state index is 0.135. The molecule has 14 heavy (non-hydrogen) atoms. The molecule has 0 unspecified atom stereocenters. The van der Waals surface area contributed by atoms with Gasteiger partial charge in [-0.3, -0.25) is 4.79 Å². The van der Waals surface area contributed by atoms with Gasteiger partial charge in [-0.15, -0.1) is 0 Å².